The summed E-state index contributed by atoms with van der Waals surface area (Å²) in [5.41, 5.74) is 13.8. The molecule has 1 aliphatic carbocycles. The highest BCUT2D eigenvalue weighted by atomic mass is 15.0. The first kappa shape index (κ1) is 24.9. The number of allylic oxidation sites excluding steroid dienone is 1. The van der Waals surface area contributed by atoms with Crippen molar-refractivity contribution < 1.29 is 0 Å². The van der Waals surface area contributed by atoms with Crippen LogP contribution in [-0.4, -0.2) is 9.13 Å². The maximum atomic E-state index is 2.46. The molecule has 0 radical (unpaired) electrons. The Kier molecular flexibility index (Phi) is 5.67. The van der Waals surface area contributed by atoms with E-state index in [-0.39, 0.29) is 0 Å². The molecule has 0 fully saturated rings. The largest absolute Gasteiger partial charge is 0.313 e. The predicted octanol–water partition coefficient (Wildman–Crippen LogP) is 11.0. The molecule has 6 aromatic carbocycles. The van der Waals surface area contributed by atoms with Crippen LogP contribution in [0.5, 0.6) is 0 Å². The number of para-hydroxylation sites is 2. The molecule has 44 heavy (non-hydrogen) atoms. The minimum Gasteiger partial charge on any atom is -0.313 e. The molecule has 0 saturated heterocycles. The second-order valence-electron chi connectivity index (χ2n) is 11.7. The molecule has 1 aliphatic rings. The summed E-state index contributed by atoms with van der Waals surface area (Å²) < 4.78 is 4.85. The molecule has 0 saturated carbocycles. The quantitative estimate of drug-likeness (QED) is 0.202. The van der Waals surface area contributed by atoms with E-state index in [0.29, 0.717) is 0 Å². The van der Waals surface area contributed by atoms with Gasteiger partial charge in [0.2, 0.25) is 0 Å². The topological polar surface area (TPSA) is 9.86 Å². The molecule has 0 atom stereocenters. The molecule has 2 heteroatoms. The van der Waals surface area contributed by atoms with Crippen LogP contribution in [0.3, 0.4) is 0 Å². The van der Waals surface area contributed by atoms with E-state index in [1.54, 1.807) is 0 Å². The molecule has 2 heterocycles. The van der Waals surface area contributed by atoms with Gasteiger partial charge in [-0.3, -0.25) is 0 Å². The Bertz CT molecular complexity index is 2350. The maximum Gasteiger partial charge on any atom is 0.0541 e. The number of benzene rings is 6. The summed E-state index contributed by atoms with van der Waals surface area (Å²) in [6.45, 7) is 0. The van der Waals surface area contributed by atoms with E-state index in [4.69, 9.17) is 0 Å². The van der Waals surface area contributed by atoms with E-state index in [1.807, 2.05) is 0 Å². The lowest BCUT2D eigenvalue weighted by atomic mass is 9.98. The number of aromatic nitrogens is 2. The second-order valence-corrected chi connectivity index (χ2v) is 11.7. The van der Waals surface area contributed by atoms with Gasteiger partial charge < -0.3 is 9.13 Å². The van der Waals surface area contributed by atoms with E-state index in [0.717, 1.165) is 12.8 Å². The Morgan fingerprint density at radius 2 is 0.977 bits per heavy atom. The first-order valence-electron chi connectivity index (χ1n) is 15.4. The van der Waals surface area contributed by atoms with Gasteiger partial charge >= 0.3 is 0 Å². The Labute approximate surface area is 256 Å². The van der Waals surface area contributed by atoms with Crippen molar-refractivity contribution in [3.8, 4) is 33.6 Å². The molecule has 0 bridgehead atoms. The van der Waals surface area contributed by atoms with Crippen LogP contribution in [0.15, 0.2) is 152 Å². The standard InChI is InChI=1S/C42H30N2/c1-3-11-29(12-4-1)30-19-23-34(24-20-30)44-40-18-10-8-16-36(40)38-28-32(22-26-42(38)44)31-21-25-41-37(27-31)35-15-7-9-17-39(35)43(41)33-13-5-2-6-14-33/h1-8,10-16,18-28H,9,17H2. The van der Waals surface area contributed by atoms with Gasteiger partial charge in [0.15, 0.2) is 0 Å². The number of nitrogens with zero attached hydrogens (tertiary/aromatic N) is 2. The fraction of sp³-hybridized carbons (Fsp3) is 0.0476. The number of rotatable bonds is 4. The van der Waals surface area contributed by atoms with Crippen molar-refractivity contribution in [3.63, 3.8) is 0 Å². The average Bonchev–Trinajstić information content (AvgIpc) is 3.61. The Hall–Kier alpha value is -5.60. The summed E-state index contributed by atoms with van der Waals surface area (Å²) in [5, 5.41) is 3.86. The predicted molar refractivity (Wildman–Crippen MR) is 186 cm³/mol. The van der Waals surface area contributed by atoms with Crippen molar-refractivity contribution in [1.29, 1.82) is 0 Å². The molecule has 0 aliphatic heterocycles. The van der Waals surface area contributed by atoms with Crippen LogP contribution < -0.4 is 0 Å². The normalized spacial score (nSPS) is 12.7. The van der Waals surface area contributed by atoms with E-state index in [2.05, 4.69) is 167 Å². The monoisotopic (exact) mass is 562 g/mol. The number of hydrogen-bond acceptors (Lipinski definition) is 0. The van der Waals surface area contributed by atoms with Crippen molar-refractivity contribution >= 4 is 38.8 Å². The van der Waals surface area contributed by atoms with Gasteiger partial charge in [0, 0.05) is 38.8 Å². The minimum atomic E-state index is 1.06. The van der Waals surface area contributed by atoms with Crippen molar-refractivity contribution in [2.24, 2.45) is 0 Å². The summed E-state index contributed by atoms with van der Waals surface area (Å²) in [7, 11) is 0. The third kappa shape index (κ3) is 3.88. The highest BCUT2D eigenvalue weighted by Crippen LogP contribution is 2.39. The van der Waals surface area contributed by atoms with E-state index >= 15 is 0 Å². The molecule has 9 rings (SSSR count). The maximum absolute atomic E-state index is 2.46. The third-order valence-electron chi connectivity index (χ3n) is 9.19. The summed E-state index contributed by atoms with van der Waals surface area (Å²) in [5.74, 6) is 0. The second kappa shape index (κ2) is 10.00. The molecule has 208 valence electrons. The molecule has 0 amide bonds. The van der Waals surface area contributed by atoms with Crippen LogP contribution in [0.25, 0.3) is 72.4 Å². The zero-order valence-corrected chi connectivity index (χ0v) is 24.3. The lowest BCUT2D eigenvalue weighted by molar-refractivity contribution is 0.888. The molecule has 0 unspecified atom stereocenters. The molecule has 2 nitrogen and oxygen atoms in total. The van der Waals surface area contributed by atoms with Crippen molar-refractivity contribution in [3.05, 3.63) is 163 Å². The Morgan fingerprint density at radius 1 is 0.409 bits per heavy atom. The average molecular weight is 563 g/mol. The van der Waals surface area contributed by atoms with Gasteiger partial charge in [-0.1, -0.05) is 103 Å². The van der Waals surface area contributed by atoms with E-state index in [9.17, 15) is 0 Å². The SMILES string of the molecule is C1=Cc2c(n(-c3ccccc3)c3ccc(-c4ccc5c(c4)c4ccccc4n5-c4ccc(-c5ccccc5)cc4)cc23)CC1. The zero-order chi connectivity index (χ0) is 29.0. The molecule has 2 aromatic heterocycles. The molecular weight excluding hydrogens is 532 g/mol. The van der Waals surface area contributed by atoms with Gasteiger partial charge in [-0.25, -0.2) is 0 Å². The minimum absolute atomic E-state index is 1.06. The molecule has 0 spiro atoms. The van der Waals surface area contributed by atoms with Gasteiger partial charge in [-0.05, 0) is 89.7 Å². The fourth-order valence-corrected chi connectivity index (χ4v) is 7.14. The van der Waals surface area contributed by atoms with Crippen molar-refractivity contribution in [2.75, 3.05) is 0 Å². The summed E-state index contributed by atoms with van der Waals surface area (Å²) in [6, 6.07) is 53.0. The number of hydrogen-bond donors (Lipinski definition) is 0. The first-order chi connectivity index (χ1) is 21.8. The van der Waals surface area contributed by atoms with E-state index in [1.165, 1.54) is 77.6 Å². The lowest BCUT2D eigenvalue weighted by Crippen LogP contribution is -2.02. The van der Waals surface area contributed by atoms with Crippen LogP contribution in [-0.2, 0) is 6.42 Å². The Morgan fingerprint density at radius 3 is 1.75 bits per heavy atom. The van der Waals surface area contributed by atoms with Gasteiger partial charge in [-0.15, -0.1) is 0 Å². The van der Waals surface area contributed by atoms with E-state index < -0.39 is 0 Å². The van der Waals surface area contributed by atoms with Crippen molar-refractivity contribution in [1.82, 2.24) is 9.13 Å². The van der Waals surface area contributed by atoms with Gasteiger partial charge in [0.05, 0.1) is 16.6 Å². The zero-order valence-electron chi connectivity index (χ0n) is 24.3. The molecule has 0 N–H and O–H groups in total. The highest BCUT2D eigenvalue weighted by Gasteiger charge is 2.20. The summed E-state index contributed by atoms with van der Waals surface area (Å²) in [6.07, 6.45) is 6.78. The fourth-order valence-electron chi connectivity index (χ4n) is 7.14. The lowest BCUT2D eigenvalue weighted by Gasteiger charge is -2.13. The van der Waals surface area contributed by atoms with Gasteiger partial charge in [0.25, 0.3) is 0 Å². The summed E-state index contributed by atoms with van der Waals surface area (Å²) in [4.78, 5) is 0. The smallest absolute Gasteiger partial charge is 0.0541 e. The van der Waals surface area contributed by atoms with Crippen LogP contribution in [0.2, 0.25) is 0 Å². The Balaban J connectivity index is 1.19. The summed E-state index contributed by atoms with van der Waals surface area (Å²) >= 11 is 0. The van der Waals surface area contributed by atoms with Crippen LogP contribution in [0.4, 0.5) is 0 Å². The number of fused-ring (bicyclic) bond motifs is 6. The van der Waals surface area contributed by atoms with Crippen LogP contribution in [0.1, 0.15) is 17.7 Å². The third-order valence-corrected chi connectivity index (χ3v) is 9.19. The van der Waals surface area contributed by atoms with Gasteiger partial charge in [-0.2, -0.15) is 0 Å². The highest BCUT2D eigenvalue weighted by molar-refractivity contribution is 6.10. The first-order valence-corrected chi connectivity index (χ1v) is 15.4. The molecular formula is C42H30N2. The van der Waals surface area contributed by atoms with Crippen LogP contribution in [0, 0.1) is 0 Å². The molecule has 8 aromatic rings. The van der Waals surface area contributed by atoms with Crippen LogP contribution >= 0.6 is 0 Å². The van der Waals surface area contributed by atoms with Gasteiger partial charge in [0.1, 0.15) is 0 Å². The van der Waals surface area contributed by atoms with Crippen molar-refractivity contribution in [2.45, 2.75) is 12.8 Å².